The summed E-state index contributed by atoms with van der Waals surface area (Å²) in [5, 5.41) is 7.30. The van der Waals surface area contributed by atoms with Gasteiger partial charge in [0.1, 0.15) is 12.1 Å². The van der Waals surface area contributed by atoms with Crippen LogP contribution in [0.2, 0.25) is 0 Å². The van der Waals surface area contributed by atoms with Crippen molar-refractivity contribution in [3.63, 3.8) is 0 Å². The number of anilines is 1. The van der Waals surface area contributed by atoms with Gasteiger partial charge in [-0.2, -0.15) is 5.10 Å². The summed E-state index contributed by atoms with van der Waals surface area (Å²) in [4.78, 5) is 39.6. The number of hydrogen-bond donors (Lipinski definition) is 1. The van der Waals surface area contributed by atoms with Crippen LogP contribution in [0.25, 0.3) is 11.0 Å². The van der Waals surface area contributed by atoms with Crippen molar-refractivity contribution in [2.24, 2.45) is 0 Å². The predicted octanol–water partition coefficient (Wildman–Crippen LogP) is 2.68. The van der Waals surface area contributed by atoms with E-state index >= 15 is 0 Å². The van der Waals surface area contributed by atoms with Crippen molar-refractivity contribution in [3.8, 4) is 0 Å². The molecule has 0 atom stereocenters. The van der Waals surface area contributed by atoms with E-state index < -0.39 is 11.2 Å². The first-order valence-electron chi connectivity index (χ1n) is 10.5. The van der Waals surface area contributed by atoms with Crippen LogP contribution >= 0.6 is 0 Å². The zero-order valence-corrected chi connectivity index (χ0v) is 18.3. The van der Waals surface area contributed by atoms with E-state index in [4.69, 9.17) is 0 Å². The van der Waals surface area contributed by atoms with Gasteiger partial charge in [0.2, 0.25) is 5.91 Å². The average Bonchev–Trinajstić information content (AvgIpc) is 3.13. The highest BCUT2D eigenvalue weighted by atomic mass is 16.2. The molecule has 8 heteroatoms. The molecule has 1 amide bonds. The van der Waals surface area contributed by atoms with Crippen molar-refractivity contribution in [1.29, 1.82) is 0 Å². The molecule has 2 aromatic carbocycles. The van der Waals surface area contributed by atoms with Crippen LogP contribution < -0.4 is 16.6 Å². The van der Waals surface area contributed by atoms with Gasteiger partial charge in [0.05, 0.1) is 12.2 Å². The van der Waals surface area contributed by atoms with Gasteiger partial charge >= 0.3 is 5.69 Å². The monoisotopic (exact) mass is 431 g/mol. The quantitative estimate of drug-likeness (QED) is 0.508. The summed E-state index contributed by atoms with van der Waals surface area (Å²) in [7, 11) is 0. The van der Waals surface area contributed by atoms with E-state index in [1.807, 2.05) is 68.4 Å². The van der Waals surface area contributed by atoms with Gasteiger partial charge in [0, 0.05) is 12.2 Å². The fraction of sp³-hybridized carbons (Fsp3) is 0.250. The lowest BCUT2D eigenvalue weighted by molar-refractivity contribution is -0.116. The van der Waals surface area contributed by atoms with E-state index in [2.05, 4.69) is 10.4 Å². The number of aryl methyl sites for hydroxylation is 3. The molecule has 32 heavy (non-hydrogen) atoms. The maximum absolute atomic E-state index is 13.4. The number of fused-ring (bicyclic) bond motifs is 1. The summed E-state index contributed by atoms with van der Waals surface area (Å²) in [6.07, 6.45) is 0. The van der Waals surface area contributed by atoms with Crippen LogP contribution in [0.4, 0.5) is 5.69 Å². The number of hydrogen-bond acceptors (Lipinski definition) is 4. The van der Waals surface area contributed by atoms with Crippen molar-refractivity contribution in [1.82, 2.24) is 18.9 Å². The molecule has 4 rings (SSSR count). The standard InChI is InChI=1S/C24H25N5O3/c1-4-29-22-21(17(3)26-29)27(15-20(30)25-19-13-9-8-10-16(19)2)24(32)28(23(22)31)14-18-11-6-5-7-12-18/h5-13H,4,14-15H2,1-3H3,(H,25,30). The summed E-state index contributed by atoms with van der Waals surface area (Å²) in [5.41, 5.74) is 2.72. The second kappa shape index (κ2) is 8.66. The van der Waals surface area contributed by atoms with Crippen LogP contribution in [0.5, 0.6) is 0 Å². The first-order chi connectivity index (χ1) is 15.4. The number of carbonyl (C=O) groups is 1. The van der Waals surface area contributed by atoms with E-state index in [0.717, 1.165) is 11.1 Å². The number of nitrogens with zero attached hydrogens (tertiary/aromatic N) is 4. The summed E-state index contributed by atoms with van der Waals surface area (Å²) in [5.74, 6) is -0.351. The smallest absolute Gasteiger partial charge is 0.324 e. The maximum Gasteiger partial charge on any atom is 0.332 e. The molecule has 0 unspecified atom stereocenters. The molecule has 0 aliphatic carbocycles. The number of rotatable bonds is 6. The number of benzene rings is 2. The largest absolute Gasteiger partial charge is 0.332 e. The Morgan fingerprint density at radius 1 is 0.938 bits per heavy atom. The van der Waals surface area contributed by atoms with Crippen molar-refractivity contribution in [2.45, 2.75) is 40.4 Å². The third-order valence-electron chi connectivity index (χ3n) is 5.48. The number of para-hydroxylation sites is 1. The molecule has 0 aliphatic heterocycles. The highest BCUT2D eigenvalue weighted by Crippen LogP contribution is 2.16. The third kappa shape index (κ3) is 3.87. The fourth-order valence-electron chi connectivity index (χ4n) is 3.89. The van der Waals surface area contributed by atoms with Gasteiger partial charge in [-0.05, 0) is 38.0 Å². The van der Waals surface area contributed by atoms with Crippen molar-refractivity contribution < 1.29 is 4.79 Å². The Balaban J connectivity index is 1.84. The molecule has 1 N–H and O–H groups in total. The summed E-state index contributed by atoms with van der Waals surface area (Å²) < 4.78 is 4.11. The van der Waals surface area contributed by atoms with Gasteiger partial charge in [-0.3, -0.25) is 23.4 Å². The van der Waals surface area contributed by atoms with Crippen molar-refractivity contribution in [3.05, 3.63) is 92.3 Å². The second-order valence-corrected chi connectivity index (χ2v) is 7.71. The Morgan fingerprint density at radius 2 is 1.62 bits per heavy atom. The average molecular weight is 431 g/mol. The van der Waals surface area contributed by atoms with Gasteiger partial charge in [-0.15, -0.1) is 0 Å². The molecule has 4 aromatic rings. The van der Waals surface area contributed by atoms with E-state index in [1.54, 1.807) is 11.6 Å². The van der Waals surface area contributed by atoms with Crippen LogP contribution in [-0.2, 0) is 24.4 Å². The Hall–Kier alpha value is -3.94. The minimum absolute atomic E-state index is 0.113. The lowest BCUT2D eigenvalue weighted by atomic mass is 10.2. The third-order valence-corrected chi connectivity index (χ3v) is 5.48. The Kier molecular flexibility index (Phi) is 5.77. The van der Waals surface area contributed by atoms with Gasteiger partial charge in [-0.25, -0.2) is 4.79 Å². The normalized spacial score (nSPS) is 11.1. The summed E-state index contributed by atoms with van der Waals surface area (Å²) in [6.45, 7) is 5.88. The minimum Gasteiger partial charge on any atom is -0.324 e. The Labute approximate surface area is 184 Å². The van der Waals surface area contributed by atoms with Gasteiger partial charge in [0.25, 0.3) is 5.56 Å². The maximum atomic E-state index is 13.4. The highest BCUT2D eigenvalue weighted by Gasteiger charge is 2.21. The van der Waals surface area contributed by atoms with E-state index in [1.165, 1.54) is 9.13 Å². The molecule has 164 valence electrons. The molecule has 0 spiro atoms. The lowest BCUT2D eigenvalue weighted by Gasteiger charge is -2.14. The molecule has 2 aromatic heterocycles. The second-order valence-electron chi connectivity index (χ2n) is 7.71. The Bertz CT molecular complexity index is 1410. The topological polar surface area (TPSA) is 90.9 Å². The molecule has 0 radical (unpaired) electrons. The summed E-state index contributed by atoms with van der Waals surface area (Å²) in [6, 6.07) is 16.7. The first kappa shape index (κ1) is 21.3. The summed E-state index contributed by atoms with van der Waals surface area (Å²) >= 11 is 0. The molecule has 8 nitrogen and oxygen atoms in total. The van der Waals surface area contributed by atoms with Crippen LogP contribution in [0.3, 0.4) is 0 Å². The zero-order chi connectivity index (χ0) is 22.8. The van der Waals surface area contributed by atoms with Gasteiger partial charge in [-0.1, -0.05) is 48.5 Å². The highest BCUT2D eigenvalue weighted by molar-refractivity contribution is 5.92. The molecule has 2 heterocycles. The molecule has 0 bridgehead atoms. The zero-order valence-electron chi connectivity index (χ0n) is 18.3. The molecule has 0 saturated heterocycles. The fourth-order valence-corrected chi connectivity index (χ4v) is 3.89. The Morgan fingerprint density at radius 3 is 2.31 bits per heavy atom. The SMILES string of the molecule is CCn1nc(C)c2c1c(=O)n(Cc1ccccc1)c(=O)n2CC(=O)Nc1ccccc1C. The minimum atomic E-state index is -0.537. The molecular weight excluding hydrogens is 406 g/mol. The van der Waals surface area contributed by atoms with Crippen LogP contribution in [0.15, 0.2) is 64.2 Å². The number of aromatic nitrogens is 4. The predicted molar refractivity (Wildman–Crippen MR) is 124 cm³/mol. The lowest BCUT2D eigenvalue weighted by Crippen LogP contribution is -2.42. The van der Waals surface area contributed by atoms with Gasteiger partial charge in [0.15, 0.2) is 5.52 Å². The molecule has 0 aliphatic rings. The first-order valence-corrected chi connectivity index (χ1v) is 10.5. The van der Waals surface area contributed by atoms with Crippen molar-refractivity contribution >= 4 is 22.6 Å². The van der Waals surface area contributed by atoms with Crippen LogP contribution in [0, 0.1) is 13.8 Å². The van der Waals surface area contributed by atoms with Crippen LogP contribution in [0.1, 0.15) is 23.7 Å². The molecule has 0 saturated carbocycles. The van der Waals surface area contributed by atoms with E-state index in [-0.39, 0.29) is 19.0 Å². The number of amides is 1. The molecule has 0 fully saturated rings. The van der Waals surface area contributed by atoms with E-state index in [9.17, 15) is 14.4 Å². The molecular formula is C24H25N5O3. The van der Waals surface area contributed by atoms with Crippen molar-refractivity contribution in [2.75, 3.05) is 5.32 Å². The van der Waals surface area contributed by atoms with Crippen LogP contribution in [-0.4, -0.2) is 24.8 Å². The van der Waals surface area contributed by atoms with E-state index in [0.29, 0.717) is 29.0 Å². The number of carbonyl (C=O) groups excluding carboxylic acids is 1. The van der Waals surface area contributed by atoms with Gasteiger partial charge < -0.3 is 5.32 Å². The number of nitrogens with one attached hydrogen (secondary N) is 1.